The summed E-state index contributed by atoms with van der Waals surface area (Å²) in [6.07, 6.45) is 2.03. The molecular weight excluding hydrogens is 466 g/mol. The number of nitrogens with one attached hydrogen (secondary N) is 2. The van der Waals surface area contributed by atoms with Crippen LogP contribution in [0, 0.1) is 0 Å². The van der Waals surface area contributed by atoms with Crippen molar-refractivity contribution in [3.63, 3.8) is 0 Å². The highest BCUT2D eigenvalue weighted by molar-refractivity contribution is 9.10. The Morgan fingerprint density at radius 2 is 1.90 bits per heavy atom. The molecule has 1 aliphatic rings. The third-order valence-corrected chi connectivity index (χ3v) is 5.22. The van der Waals surface area contributed by atoms with Gasteiger partial charge < -0.3 is 24.3 Å². The summed E-state index contributed by atoms with van der Waals surface area (Å²) in [6.45, 7) is 1.19. The molecule has 1 heterocycles. The first-order chi connectivity index (χ1) is 15.0. The van der Waals surface area contributed by atoms with Gasteiger partial charge in [0, 0.05) is 22.3 Å². The van der Waals surface area contributed by atoms with E-state index in [-0.39, 0.29) is 12.0 Å². The number of carbonyl (C=O) groups excluding carboxylic acids is 1. The van der Waals surface area contributed by atoms with Gasteiger partial charge in [-0.15, -0.1) is 0 Å². The minimum Gasteiger partial charge on any atom is -0.493 e. The number of halogens is 1. The van der Waals surface area contributed by atoms with Crippen molar-refractivity contribution in [2.45, 2.75) is 18.9 Å². The quantitative estimate of drug-likeness (QED) is 0.451. The molecule has 1 atom stereocenters. The van der Waals surface area contributed by atoms with E-state index < -0.39 is 0 Å². The average molecular weight is 492 g/mol. The van der Waals surface area contributed by atoms with Crippen LogP contribution in [0.15, 0.2) is 45.9 Å². The van der Waals surface area contributed by atoms with Crippen molar-refractivity contribution in [1.82, 2.24) is 5.32 Å². The molecule has 1 aliphatic heterocycles. The van der Waals surface area contributed by atoms with E-state index in [1.807, 2.05) is 24.3 Å². The Morgan fingerprint density at radius 3 is 2.48 bits per heavy atom. The van der Waals surface area contributed by atoms with Crippen LogP contribution < -0.4 is 24.8 Å². The monoisotopic (exact) mass is 491 g/mol. The number of rotatable bonds is 7. The Bertz CT molecular complexity index is 919. The number of amides is 1. The normalized spacial score (nSPS) is 16.0. The molecule has 1 fully saturated rings. The lowest BCUT2D eigenvalue weighted by atomic mass is 10.1. The number of aliphatic imine (C=N–C) groups is 1. The van der Waals surface area contributed by atoms with Crippen LogP contribution in [-0.4, -0.2) is 52.5 Å². The van der Waals surface area contributed by atoms with Gasteiger partial charge in [0.25, 0.3) is 5.91 Å². The van der Waals surface area contributed by atoms with Crippen LogP contribution in [0.1, 0.15) is 23.2 Å². The first-order valence-corrected chi connectivity index (χ1v) is 10.6. The van der Waals surface area contributed by atoms with Gasteiger partial charge in [-0.1, -0.05) is 22.0 Å². The van der Waals surface area contributed by atoms with E-state index in [0.29, 0.717) is 35.3 Å². The number of guanidine groups is 1. The summed E-state index contributed by atoms with van der Waals surface area (Å²) in [5.41, 5.74) is 1.13. The molecule has 3 rings (SSSR count). The molecule has 31 heavy (non-hydrogen) atoms. The Labute approximate surface area is 190 Å². The summed E-state index contributed by atoms with van der Waals surface area (Å²) in [4.78, 5) is 17.6. The molecule has 2 N–H and O–H groups in total. The van der Waals surface area contributed by atoms with Crippen LogP contribution >= 0.6 is 15.9 Å². The molecule has 0 unspecified atom stereocenters. The molecule has 0 aromatic heterocycles. The van der Waals surface area contributed by atoms with Gasteiger partial charge in [-0.3, -0.25) is 10.1 Å². The zero-order valence-electron chi connectivity index (χ0n) is 17.7. The summed E-state index contributed by atoms with van der Waals surface area (Å²) in [7, 11) is 4.52. The van der Waals surface area contributed by atoms with E-state index in [0.717, 1.165) is 29.6 Å². The van der Waals surface area contributed by atoms with Crippen molar-refractivity contribution in [3.05, 3.63) is 46.4 Å². The SMILES string of the molecule is COc1cc(C(=O)NC(=NC[C@@H]2CCCO2)Nc2cccc(Br)c2)cc(OC)c1OC. The molecule has 2 aromatic rings. The highest BCUT2D eigenvalue weighted by Gasteiger charge is 2.19. The zero-order valence-corrected chi connectivity index (χ0v) is 19.3. The summed E-state index contributed by atoms with van der Waals surface area (Å²) < 4.78 is 22.6. The maximum Gasteiger partial charge on any atom is 0.258 e. The summed E-state index contributed by atoms with van der Waals surface area (Å²) in [6, 6.07) is 10.8. The second kappa shape index (κ2) is 11.0. The highest BCUT2D eigenvalue weighted by atomic mass is 79.9. The van der Waals surface area contributed by atoms with Gasteiger partial charge in [0.15, 0.2) is 11.5 Å². The Balaban J connectivity index is 1.83. The smallest absolute Gasteiger partial charge is 0.258 e. The molecule has 0 radical (unpaired) electrons. The molecule has 8 nitrogen and oxygen atoms in total. The van der Waals surface area contributed by atoms with Crippen molar-refractivity contribution < 1.29 is 23.7 Å². The second-order valence-corrected chi connectivity index (χ2v) is 7.74. The molecule has 166 valence electrons. The average Bonchev–Trinajstić information content (AvgIpc) is 3.30. The standard InChI is InChI=1S/C22H26BrN3O5/c1-28-18-10-14(11-19(29-2)20(18)30-3)21(27)26-22(24-13-17-8-5-9-31-17)25-16-7-4-6-15(23)12-16/h4,6-7,10-12,17H,5,8-9,13H2,1-3H3,(H2,24,25,26,27)/t17-/m0/s1. The fourth-order valence-electron chi connectivity index (χ4n) is 3.19. The van der Waals surface area contributed by atoms with Crippen LogP contribution in [0.5, 0.6) is 17.2 Å². The molecule has 0 bridgehead atoms. The number of methoxy groups -OCH3 is 3. The van der Waals surface area contributed by atoms with Crippen molar-refractivity contribution >= 4 is 33.5 Å². The number of benzene rings is 2. The summed E-state index contributed by atoms with van der Waals surface area (Å²) >= 11 is 3.45. The minimum atomic E-state index is -0.368. The van der Waals surface area contributed by atoms with Gasteiger partial charge in [0.1, 0.15) is 0 Å². The van der Waals surface area contributed by atoms with Gasteiger partial charge in [0.2, 0.25) is 11.7 Å². The first-order valence-electron chi connectivity index (χ1n) is 9.84. The molecule has 0 spiro atoms. The third-order valence-electron chi connectivity index (χ3n) is 4.72. The molecule has 9 heteroatoms. The number of ether oxygens (including phenoxy) is 4. The van der Waals surface area contributed by atoms with E-state index in [4.69, 9.17) is 18.9 Å². The maximum absolute atomic E-state index is 13.0. The van der Waals surface area contributed by atoms with E-state index >= 15 is 0 Å². The van der Waals surface area contributed by atoms with Gasteiger partial charge in [-0.05, 0) is 43.2 Å². The van der Waals surface area contributed by atoms with E-state index in [2.05, 4.69) is 31.6 Å². The fourth-order valence-corrected chi connectivity index (χ4v) is 3.59. The predicted octanol–water partition coefficient (Wildman–Crippen LogP) is 3.85. The Kier molecular flexibility index (Phi) is 8.13. The second-order valence-electron chi connectivity index (χ2n) is 6.83. The third kappa shape index (κ3) is 6.11. The lowest BCUT2D eigenvalue weighted by Gasteiger charge is -2.16. The largest absolute Gasteiger partial charge is 0.493 e. The Hall–Kier alpha value is -2.78. The lowest BCUT2D eigenvalue weighted by Crippen LogP contribution is -2.36. The minimum absolute atomic E-state index is 0.0531. The van der Waals surface area contributed by atoms with Gasteiger partial charge in [-0.25, -0.2) is 4.99 Å². The molecule has 0 aliphatic carbocycles. The van der Waals surface area contributed by atoms with Gasteiger partial charge >= 0.3 is 0 Å². The predicted molar refractivity (Wildman–Crippen MR) is 123 cm³/mol. The van der Waals surface area contributed by atoms with E-state index in [9.17, 15) is 4.79 Å². The zero-order chi connectivity index (χ0) is 22.2. The van der Waals surface area contributed by atoms with Crippen molar-refractivity contribution in [3.8, 4) is 17.2 Å². The molecule has 1 saturated heterocycles. The molecule has 1 amide bonds. The summed E-state index contributed by atoms with van der Waals surface area (Å²) in [5, 5.41) is 6.01. The number of nitrogens with zero attached hydrogens (tertiary/aromatic N) is 1. The van der Waals surface area contributed by atoms with Gasteiger partial charge in [0.05, 0.1) is 34.0 Å². The first kappa shape index (κ1) is 22.9. The molecular formula is C22H26BrN3O5. The van der Waals surface area contributed by atoms with Crippen molar-refractivity contribution in [2.75, 3.05) is 39.8 Å². The summed E-state index contributed by atoms with van der Waals surface area (Å²) in [5.74, 6) is 1.16. The maximum atomic E-state index is 13.0. The van der Waals surface area contributed by atoms with Crippen molar-refractivity contribution in [2.24, 2.45) is 4.99 Å². The van der Waals surface area contributed by atoms with Crippen LogP contribution in [0.3, 0.4) is 0 Å². The number of hydrogen-bond acceptors (Lipinski definition) is 6. The number of hydrogen-bond donors (Lipinski definition) is 2. The molecule has 0 saturated carbocycles. The number of anilines is 1. The van der Waals surface area contributed by atoms with Crippen LogP contribution in [0.2, 0.25) is 0 Å². The van der Waals surface area contributed by atoms with Crippen LogP contribution in [0.4, 0.5) is 5.69 Å². The topological polar surface area (TPSA) is 90.4 Å². The fraction of sp³-hybridized carbons (Fsp3) is 0.364. The van der Waals surface area contributed by atoms with Crippen LogP contribution in [-0.2, 0) is 4.74 Å². The lowest BCUT2D eigenvalue weighted by molar-refractivity contribution is 0.0974. The van der Waals surface area contributed by atoms with Crippen LogP contribution in [0.25, 0.3) is 0 Å². The Morgan fingerprint density at radius 1 is 1.16 bits per heavy atom. The van der Waals surface area contributed by atoms with Gasteiger partial charge in [-0.2, -0.15) is 0 Å². The number of carbonyl (C=O) groups is 1. The molecule has 2 aromatic carbocycles. The van der Waals surface area contributed by atoms with E-state index in [1.54, 1.807) is 12.1 Å². The van der Waals surface area contributed by atoms with Crippen molar-refractivity contribution in [1.29, 1.82) is 0 Å². The highest BCUT2D eigenvalue weighted by Crippen LogP contribution is 2.38. The van der Waals surface area contributed by atoms with E-state index in [1.165, 1.54) is 21.3 Å².